The number of anilines is 1. The van der Waals surface area contributed by atoms with Crippen LogP contribution in [-0.2, 0) is 11.0 Å². The maximum absolute atomic E-state index is 12.9. The van der Waals surface area contributed by atoms with Crippen LogP contribution in [0.1, 0.15) is 42.9 Å². The van der Waals surface area contributed by atoms with Crippen molar-refractivity contribution < 1.29 is 18.0 Å². The highest BCUT2D eigenvalue weighted by Gasteiger charge is 2.31. The zero-order chi connectivity index (χ0) is 22.6. The van der Waals surface area contributed by atoms with Crippen LogP contribution in [-0.4, -0.2) is 60.0 Å². The van der Waals surface area contributed by atoms with E-state index in [1.54, 1.807) is 18.3 Å². The molecule has 3 heterocycles. The molecular weight excluding hydrogens is 417 g/mol. The Balaban J connectivity index is 1.30. The van der Waals surface area contributed by atoms with E-state index >= 15 is 0 Å². The van der Waals surface area contributed by atoms with Gasteiger partial charge in [-0.25, -0.2) is 4.98 Å². The van der Waals surface area contributed by atoms with Crippen LogP contribution >= 0.6 is 0 Å². The Hall–Kier alpha value is -2.61. The Morgan fingerprint density at radius 2 is 1.72 bits per heavy atom. The van der Waals surface area contributed by atoms with E-state index in [0.29, 0.717) is 26.1 Å². The van der Waals surface area contributed by atoms with Crippen molar-refractivity contribution >= 4 is 11.7 Å². The molecule has 2 fully saturated rings. The molecular formula is C24H29F3N4O. The normalized spacial score (nSPS) is 20.4. The lowest BCUT2D eigenvalue weighted by Crippen LogP contribution is -2.49. The first-order valence-corrected chi connectivity index (χ1v) is 11.3. The molecule has 2 aliphatic rings. The van der Waals surface area contributed by atoms with Gasteiger partial charge in [0.1, 0.15) is 5.82 Å². The number of carbonyl (C=O) groups excluding carboxylic acids is 1. The van der Waals surface area contributed by atoms with Gasteiger partial charge in [-0.15, -0.1) is 0 Å². The fourth-order valence-electron chi connectivity index (χ4n) is 4.65. The monoisotopic (exact) mass is 446 g/mol. The van der Waals surface area contributed by atoms with Crippen LogP contribution < -0.4 is 4.90 Å². The maximum Gasteiger partial charge on any atom is 0.416 e. The Kier molecular flexibility index (Phi) is 6.98. The Bertz CT molecular complexity index is 880. The van der Waals surface area contributed by atoms with Crippen molar-refractivity contribution in [3.05, 3.63) is 59.8 Å². The molecule has 0 saturated carbocycles. The zero-order valence-corrected chi connectivity index (χ0v) is 18.1. The maximum atomic E-state index is 12.9. The number of alkyl halides is 3. The average Bonchev–Trinajstić information content (AvgIpc) is 2.83. The second-order valence-corrected chi connectivity index (χ2v) is 8.47. The molecule has 1 aromatic heterocycles. The second-order valence-electron chi connectivity index (χ2n) is 8.47. The first kappa shape index (κ1) is 22.6. The van der Waals surface area contributed by atoms with Crippen molar-refractivity contribution in [2.24, 2.45) is 0 Å². The van der Waals surface area contributed by atoms with Gasteiger partial charge in [0, 0.05) is 51.4 Å². The summed E-state index contributed by atoms with van der Waals surface area (Å²) in [4.78, 5) is 23.6. The number of hydrogen-bond acceptors (Lipinski definition) is 4. The number of amides is 1. The van der Waals surface area contributed by atoms with Crippen molar-refractivity contribution in [1.82, 2.24) is 14.8 Å². The summed E-state index contributed by atoms with van der Waals surface area (Å²) in [5.41, 5.74) is 0.276. The summed E-state index contributed by atoms with van der Waals surface area (Å²) in [6.45, 7) is 4.38. The van der Waals surface area contributed by atoms with Gasteiger partial charge in [-0.05, 0) is 49.2 Å². The van der Waals surface area contributed by atoms with Crippen molar-refractivity contribution in [3.63, 3.8) is 0 Å². The fraction of sp³-hybridized carbons (Fsp3) is 0.500. The number of pyridine rings is 1. The van der Waals surface area contributed by atoms with Crippen molar-refractivity contribution in [2.75, 3.05) is 44.2 Å². The van der Waals surface area contributed by atoms with Gasteiger partial charge in [0.15, 0.2) is 0 Å². The van der Waals surface area contributed by atoms with Crippen LogP contribution in [0.15, 0.2) is 48.7 Å². The van der Waals surface area contributed by atoms with Crippen molar-refractivity contribution in [2.45, 2.75) is 37.9 Å². The molecule has 1 atom stereocenters. The summed E-state index contributed by atoms with van der Waals surface area (Å²) in [6.07, 6.45) is 0.888. The molecule has 1 unspecified atom stereocenters. The molecule has 0 radical (unpaired) electrons. The Morgan fingerprint density at radius 1 is 0.969 bits per heavy atom. The standard InChI is InChI=1S/C24H29F3N4O/c25-24(26,27)20-9-7-19(8-10-20)21-5-2-4-13-29(21)14-11-23(32)31-17-15-30(16-18-31)22-6-1-3-12-28-22/h1,3,6-10,12,21H,2,4-5,11,13-18H2. The van der Waals surface area contributed by atoms with E-state index in [-0.39, 0.29) is 11.9 Å². The Morgan fingerprint density at radius 3 is 2.38 bits per heavy atom. The lowest BCUT2D eigenvalue weighted by molar-refractivity contribution is -0.137. The van der Waals surface area contributed by atoms with E-state index in [2.05, 4.69) is 14.8 Å². The third-order valence-electron chi connectivity index (χ3n) is 6.45. The van der Waals surface area contributed by atoms with Gasteiger partial charge in [0.25, 0.3) is 0 Å². The summed E-state index contributed by atoms with van der Waals surface area (Å²) in [7, 11) is 0. The summed E-state index contributed by atoms with van der Waals surface area (Å²) < 4.78 is 38.7. The first-order chi connectivity index (χ1) is 15.4. The number of carbonyl (C=O) groups is 1. The highest BCUT2D eigenvalue weighted by molar-refractivity contribution is 5.76. The minimum absolute atomic E-state index is 0.0693. The van der Waals surface area contributed by atoms with Gasteiger partial charge in [-0.2, -0.15) is 13.2 Å². The van der Waals surface area contributed by atoms with Crippen LogP contribution in [0.2, 0.25) is 0 Å². The highest BCUT2D eigenvalue weighted by atomic mass is 19.4. The molecule has 172 valence electrons. The molecule has 32 heavy (non-hydrogen) atoms. The van der Waals surface area contributed by atoms with E-state index in [9.17, 15) is 18.0 Å². The third kappa shape index (κ3) is 5.41. The smallest absolute Gasteiger partial charge is 0.353 e. The molecule has 8 heteroatoms. The molecule has 1 aromatic carbocycles. The van der Waals surface area contributed by atoms with E-state index in [4.69, 9.17) is 0 Å². The average molecular weight is 447 g/mol. The molecule has 4 rings (SSSR count). The van der Waals surface area contributed by atoms with E-state index in [1.165, 1.54) is 0 Å². The minimum Gasteiger partial charge on any atom is -0.353 e. The summed E-state index contributed by atoms with van der Waals surface area (Å²) in [5.74, 6) is 1.08. The van der Waals surface area contributed by atoms with Crippen molar-refractivity contribution in [1.29, 1.82) is 0 Å². The lowest BCUT2D eigenvalue weighted by Gasteiger charge is -2.38. The fourth-order valence-corrected chi connectivity index (χ4v) is 4.65. The first-order valence-electron chi connectivity index (χ1n) is 11.3. The molecule has 0 spiro atoms. The zero-order valence-electron chi connectivity index (χ0n) is 18.1. The number of piperazine rings is 1. The number of halogens is 3. The van der Waals surface area contributed by atoms with Crippen molar-refractivity contribution in [3.8, 4) is 0 Å². The van der Waals surface area contributed by atoms with Crippen LogP contribution in [0.25, 0.3) is 0 Å². The van der Waals surface area contributed by atoms with Gasteiger partial charge in [-0.1, -0.05) is 24.6 Å². The van der Waals surface area contributed by atoms with Gasteiger partial charge in [0.05, 0.1) is 5.56 Å². The van der Waals surface area contributed by atoms with Gasteiger partial charge >= 0.3 is 6.18 Å². The quantitative estimate of drug-likeness (QED) is 0.684. The van der Waals surface area contributed by atoms with Gasteiger partial charge in [-0.3, -0.25) is 9.69 Å². The SMILES string of the molecule is O=C(CCN1CCCCC1c1ccc(C(F)(F)F)cc1)N1CCN(c2ccccn2)CC1. The van der Waals surface area contributed by atoms with Crippen LogP contribution in [0.4, 0.5) is 19.0 Å². The van der Waals surface area contributed by atoms with Crippen LogP contribution in [0.5, 0.6) is 0 Å². The largest absolute Gasteiger partial charge is 0.416 e. The number of piperidine rings is 1. The predicted molar refractivity (Wildman–Crippen MR) is 117 cm³/mol. The van der Waals surface area contributed by atoms with Gasteiger partial charge < -0.3 is 9.80 Å². The number of benzene rings is 1. The molecule has 1 amide bonds. The summed E-state index contributed by atoms with van der Waals surface area (Å²) in [6, 6.07) is 11.4. The van der Waals surface area contributed by atoms with Crippen LogP contribution in [0, 0.1) is 0 Å². The van der Waals surface area contributed by atoms with E-state index in [1.807, 2.05) is 23.1 Å². The highest BCUT2D eigenvalue weighted by Crippen LogP contribution is 2.34. The Labute approximate surface area is 186 Å². The number of aromatic nitrogens is 1. The van der Waals surface area contributed by atoms with E-state index in [0.717, 1.165) is 62.4 Å². The predicted octanol–water partition coefficient (Wildman–Crippen LogP) is 4.37. The molecule has 5 nitrogen and oxygen atoms in total. The topological polar surface area (TPSA) is 39.7 Å². The molecule has 0 aliphatic carbocycles. The molecule has 2 aliphatic heterocycles. The molecule has 0 bridgehead atoms. The summed E-state index contributed by atoms with van der Waals surface area (Å²) >= 11 is 0. The van der Waals surface area contributed by atoms with Gasteiger partial charge in [0.2, 0.25) is 5.91 Å². The summed E-state index contributed by atoms with van der Waals surface area (Å²) in [5, 5.41) is 0. The third-order valence-corrected chi connectivity index (χ3v) is 6.45. The number of hydrogen-bond donors (Lipinski definition) is 0. The number of rotatable bonds is 5. The minimum atomic E-state index is -4.32. The second kappa shape index (κ2) is 9.90. The molecule has 0 N–H and O–H groups in total. The molecule has 2 aromatic rings. The molecule has 2 saturated heterocycles. The lowest BCUT2D eigenvalue weighted by atomic mass is 9.94. The van der Waals surface area contributed by atoms with Crippen LogP contribution in [0.3, 0.4) is 0 Å². The number of nitrogens with zero attached hydrogens (tertiary/aromatic N) is 4. The van der Waals surface area contributed by atoms with E-state index < -0.39 is 11.7 Å². The number of likely N-dealkylation sites (tertiary alicyclic amines) is 1.